The third kappa shape index (κ3) is 2.40. The molecule has 20 heavy (non-hydrogen) atoms. The molecule has 4 heteroatoms. The maximum absolute atomic E-state index is 11.5. The fourth-order valence-electron chi connectivity index (χ4n) is 2.27. The van der Waals surface area contributed by atoms with Crippen LogP contribution in [0.1, 0.15) is 31.8 Å². The molecule has 0 amide bonds. The highest BCUT2D eigenvalue weighted by atomic mass is 16.4. The Labute approximate surface area is 116 Å². The van der Waals surface area contributed by atoms with Crippen LogP contribution in [0.3, 0.4) is 0 Å². The van der Waals surface area contributed by atoms with Gasteiger partial charge in [-0.1, -0.05) is 35.9 Å². The predicted octanol–water partition coefficient (Wildman–Crippen LogP) is 3.37. The van der Waals surface area contributed by atoms with Gasteiger partial charge in [-0.2, -0.15) is 0 Å². The van der Waals surface area contributed by atoms with E-state index in [4.69, 9.17) is 5.11 Å². The number of aromatic carboxylic acids is 2. The molecule has 0 bridgehead atoms. The topological polar surface area (TPSA) is 74.6 Å². The maximum atomic E-state index is 11.5. The van der Waals surface area contributed by atoms with E-state index in [-0.39, 0.29) is 16.7 Å². The fraction of sp³-hybridized carbons (Fsp3) is 0.125. The number of aryl methyl sites for hydroxylation is 1. The van der Waals surface area contributed by atoms with Gasteiger partial charge in [-0.25, -0.2) is 9.59 Å². The van der Waals surface area contributed by atoms with E-state index in [1.165, 1.54) is 13.0 Å². The van der Waals surface area contributed by atoms with Gasteiger partial charge in [0, 0.05) is 0 Å². The van der Waals surface area contributed by atoms with Crippen LogP contribution < -0.4 is 0 Å². The summed E-state index contributed by atoms with van der Waals surface area (Å²) in [4.78, 5) is 22.6. The molecule has 2 aromatic carbocycles. The number of carboxylic acids is 2. The van der Waals surface area contributed by atoms with Gasteiger partial charge >= 0.3 is 11.9 Å². The van der Waals surface area contributed by atoms with E-state index in [9.17, 15) is 14.7 Å². The van der Waals surface area contributed by atoms with Crippen LogP contribution in [0.15, 0.2) is 36.4 Å². The molecule has 0 unspecified atom stereocenters. The third-order valence-corrected chi connectivity index (χ3v) is 3.24. The standard InChI is InChI=1S/C16H14O4/c1-9-4-3-5-11(8-9)13-7-6-12(15(17)18)10(2)14(13)16(19)20/h3-8H,1-2H3,(H,17,18)(H,19,20). The van der Waals surface area contributed by atoms with Crippen LogP contribution in [0, 0.1) is 13.8 Å². The van der Waals surface area contributed by atoms with Gasteiger partial charge in [0.2, 0.25) is 0 Å². The van der Waals surface area contributed by atoms with Crippen molar-refractivity contribution >= 4 is 11.9 Å². The number of hydrogen-bond donors (Lipinski definition) is 2. The average molecular weight is 270 g/mol. The van der Waals surface area contributed by atoms with Crippen molar-refractivity contribution in [3.05, 3.63) is 58.7 Å². The summed E-state index contributed by atoms with van der Waals surface area (Å²) in [6.07, 6.45) is 0. The highest BCUT2D eigenvalue weighted by Crippen LogP contribution is 2.29. The molecule has 0 spiro atoms. The van der Waals surface area contributed by atoms with Crippen LogP contribution in [0.2, 0.25) is 0 Å². The lowest BCUT2D eigenvalue weighted by Crippen LogP contribution is -2.09. The van der Waals surface area contributed by atoms with Gasteiger partial charge in [-0.15, -0.1) is 0 Å². The highest BCUT2D eigenvalue weighted by molar-refractivity contribution is 6.02. The first-order valence-electron chi connectivity index (χ1n) is 6.09. The summed E-state index contributed by atoms with van der Waals surface area (Å²) in [7, 11) is 0. The Kier molecular flexibility index (Phi) is 3.57. The molecule has 4 nitrogen and oxygen atoms in total. The lowest BCUT2D eigenvalue weighted by atomic mass is 9.92. The summed E-state index contributed by atoms with van der Waals surface area (Å²) in [5.74, 6) is -2.25. The van der Waals surface area contributed by atoms with Gasteiger partial charge in [-0.3, -0.25) is 0 Å². The maximum Gasteiger partial charge on any atom is 0.336 e. The predicted molar refractivity (Wildman–Crippen MR) is 75.3 cm³/mol. The second-order valence-electron chi connectivity index (χ2n) is 4.64. The Morgan fingerprint density at radius 1 is 0.950 bits per heavy atom. The molecule has 0 fully saturated rings. The Morgan fingerprint density at radius 3 is 2.20 bits per heavy atom. The van der Waals surface area contributed by atoms with E-state index in [0.717, 1.165) is 11.1 Å². The Morgan fingerprint density at radius 2 is 1.65 bits per heavy atom. The van der Waals surface area contributed by atoms with Gasteiger partial charge in [0.25, 0.3) is 0 Å². The zero-order valence-electron chi connectivity index (χ0n) is 11.2. The molecular formula is C16H14O4. The summed E-state index contributed by atoms with van der Waals surface area (Å²) in [6, 6.07) is 10.5. The molecule has 2 rings (SSSR count). The molecule has 0 atom stereocenters. The summed E-state index contributed by atoms with van der Waals surface area (Å²) < 4.78 is 0. The molecule has 0 heterocycles. The number of benzene rings is 2. The van der Waals surface area contributed by atoms with Crippen molar-refractivity contribution in [2.45, 2.75) is 13.8 Å². The van der Waals surface area contributed by atoms with Gasteiger partial charge < -0.3 is 10.2 Å². The van der Waals surface area contributed by atoms with E-state index in [1.807, 2.05) is 31.2 Å². The Hall–Kier alpha value is -2.62. The number of carboxylic acid groups (broad SMARTS) is 2. The molecule has 0 aromatic heterocycles. The molecule has 0 aliphatic heterocycles. The van der Waals surface area contributed by atoms with E-state index >= 15 is 0 Å². The van der Waals surface area contributed by atoms with E-state index < -0.39 is 11.9 Å². The van der Waals surface area contributed by atoms with Crippen molar-refractivity contribution in [3.8, 4) is 11.1 Å². The minimum atomic E-state index is -1.12. The Bertz CT molecular complexity index is 702. The van der Waals surface area contributed by atoms with Gasteiger partial charge in [-0.05, 0) is 36.6 Å². The van der Waals surface area contributed by atoms with Crippen LogP contribution in [-0.2, 0) is 0 Å². The van der Waals surface area contributed by atoms with Crippen LogP contribution in [0.25, 0.3) is 11.1 Å². The quantitative estimate of drug-likeness (QED) is 0.896. The molecule has 102 valence electrons. The SMILES string of the molecule is Cc1cccc(-c2ccc(C(=O)O)c(C)c2C(=O)O)c1. The summed E-state index contributed by atoms with van der Waals surface area (Å²) in [6.45, 7) is 3.44. The van der Waals surface area contributed by atoms with Crippen molar-refractivity contribution in [2.24, 2.45) is 0 Å². The number of carbonyl (C=O) groups is 2. The fourth-order valence-corrected chi connectivity index (χ4v) is 2.27. The van der Waals surface area contributed by atoms with Crippen LogP contribution in [0.5, 0.6) is 0 Å². The molecule has 0 saturated carbocycles. The number of rotatable bonds is 3. The summed E-state index contributed by atoms with van der Waals surface area (Å²) in [5.41, 5.74) is 2.63. The summed E-state index contributed by atoms with van der Waals surface area (Å²) >= 11 is 0. The van der Waals surface area contributed by atoms with E-state index in [0.29, 0.717) is 5.56 Å². The summed E-state index contributed by atoms with van der Waals surface area (Å²) in [5, 5.41) is 18.5. The molecule has 0 aliphatic carbocycles. The van der Waals surface area contributed by atoms with Gasteiger partial charge in [0.05, 0.1) is 11.1 Å². The number of hydrogen-bond acceptors (Lipinski definition) is 2. The van der Waals surface area contributed by atoms with Crippen molar-refractivity contribution in [1.29, 1.82) is 0 Å². The first-order valence-corrected chi connectivity index (χ1v) is 6.09. The minimum Gasteiger partial charge on any atom is -0.478 e. The lowest BCUT2D eigenvalue weighted by molar-refractivity contribution is 0.0696. The minimum absolute atomic E-state index is 0.0128. The molecular weight excluding hydrogens is 256 g/mol. The Balaban J connectivity index is 2.74. The molecule has 2 aromatic rings. The molecule has 0 radical (unpaired) electrons. The van der Waals surface area contributed by atoms with Crippen molar-refractivity contribution in [2.75, 3.05) is 0 Å². The monoisotopic (exact) mass is 270 g/mol. The third-order valence-electron chi connectivity index (χ3n) is 3.24. The van der Waals surface area contributed by atoms with Crippen LogP contribution in [-0.4, -0.2) is 22.2 Å². The van der Waals surface area contributed by atoms with Crippen molar-refractivity contribution in [1.82, 2.24) is 0 Å². The van der Waals surface area contributed by atoms with Gasteiger partial charge in [0.1, 0.15) is 0 Å². The highest BCUT2D eigenvalue weighted by Gasteiger charge is 2.20. The molecule has 0 aliphatic rings. The van der Waals surface area contributed by atoms with Crippen molar-refractivity contribution in [3.63, 3.8) is 0 Å². The van der Waals surface area contributed by atoms with Crippen molar-refractivity contribution < 1.29 is 19.8 Å². The van der Waals surface area contributed by atoms with Crippen LogP contribution in [0.4, 0.5) is 0 Å². The average Bonchev–Trinajstić information content (AvgIpc) is 2.37. The van der Waals surface area contributed by atoms with E-state index in [2.05, 4.69) is 0 Å². The second kappa shape index (κ2) is 5.17. The molecule has 0 saturated heterocycles. The largest absolute Gasteiger partial charge is 0.478 e. The first-order chi connectivity index (χ1) is 9.41. The smallest absolute Gasteiger partial charge is 0.336 e. The second-order valence-corrected chi connectivity index (χ2v) is 4.64. The van der Waals surface area contributed by atoms with Crippen LogP contribution >= 0.6 is 0 Å². The zero-order valence-corrected chi connectivity index (χ0v) is 11.2. The van der Waals surface area contributed by atoms with E-state index in [1.54, 1.807) is 6.07 Å². The lowest BCUT2D eigenvalue weighted by Gasteiger charge is -2.12. The molecule has 2 N–H and O–H groups in total. The first kappa shape index (κ1) is 13.8. The van der Waals surface area contributed by atoms with Gasteiger partial charge in [0.15, 0.2) is 0 Å². The normalized spacial score (nSPS) is 10.3. The zero-order chi connectivity index (χ0) is 14.9.